The molecule has 11 heteroatoms. The fourth-order valence-electron chi connectivity index (χ4n) is 2.49. The highest BCUT2D eigenvalue weighted by molar-refractivity contribution is 9.10. The van der Waals surface area contributed by atoms with Crippen molar-refractivity contribution in [2.45, 2.75) is 11.3 Å². The Hall–Kier alpha value is -2.27. The van der Waals surface area contributed by atoms with Crippen LogP contribution in [0.5, 0.6) is 0 Å². The molecule has 0 aliphatic carbocycles. The molecule has 0 atom stereocenters. The largest absolute Gasteiger partial charge is 0.453 e. The maximum absolute atomic E-state index is 13.4. The van der Waals surface area contributed by atoms with E-state index >= 15 is 0 Å². The highest BCUT2D eigenvalue weighted by atomic mass is 79.9. The number of H-pyrrole nitrogens is 1. The highest BCUT2D eigenvalue weighted by Gasteiger charge is 2.36. The highest BCUT2D eigenvalue weighted by Crippen LogP contribution is 2.41. The number of aromatic nitrogens is 3. The quantitative estimate of drug-likeness (QED) is 0.409. The lowest BCUT2D eigenvalue weighted by molar-refractivity contribution is -0.137. The first kappa shape index (κ1) is 19.5. The number of halogens is 4. The number of benzene rings is 1. The van der Waals surface area contributed by atoms with Crippen LogP contribution in [-0.4, -0.2) is 34.4 Å². The Kier molecular flexibility index (Phi) is 5.33. The van der Waals surface area contributed by atoms with Crippen molar-refractivity contribution in [1.29, 1.82) is 0 Å². The smallest absolute Gasteiger partial charge is 0.419 e. The molecule has 2 heterocycles. The third-order valence-electron chi connectivity index (χ3n) is 3.72. The standard InChI is InChI=1S/C16H12BrF3N4O2S/c1-26-15(25)23-10-4-3-7-8(5-21-13(7)11(10)17)12-9(16(18,19)20)6-22-14(24-12)27-2/h3-6,21H,1-2H3,(H,23,25). The number of nitrogens with one attached hydrogen (secondary N) is 2. The maximum atomic E-state index is 13.4. The van der Waals surface area contributed by atoms with Crippen LogP contribution < -0.4 is 5.32 Å². The number of nitrogens with zero attached hydrogens (tertiary/aromatic N) is 2. The van der Waals surface area contributed by atoms with Gasteiger partial charge >= 0.3 is 12.3 Å². The van der Waals surface area contributed by atoms with E-state index in [9.17, 15) is 18.0 Å². The molecule has 0 spiro atoms. The summed E-state index contributed by atoms with van der Waals surface area (Å²) in [6.45, 7) is 0. The minimum Gasteiger partial charge on any atom is -0.453 e. The predicted octanol–water partition coefficient (Wildman–Crippen LogP) is 5.31. The summed E-state index contributed by atoms with van der Waals surface area (Å²) in [7, 11) is 1.23. The van der Waals surface area contributed by atoms with E-state index in [1.165, 1.54) is 13.3 Å². The van der Waals surface area contributed by atoms with Crippen LogP contribution in [0.25, 0.3) is 22.2 Å². The maximum Gasteiger partial charge on any atom is 0.419 e. The Bertz CT molecular complexity index is 1020. The molecule has 0 radical (unpaired) electrons. The van der Waals surface area contributed by atoms with E-state index < -0.39 is 17.8 Å². The van der Waals surface area contributed by atoms with Crippen molar-refractivity contribution < 1.29 is 22.7 Å². The van der Waals surface area contributed by atoms with Gasteiger partial charge in [-0.2, -0.15) is 13.2 Å². The average molecular weight is 461 g/mol. The molecule has 0 aliphatic rings. The lowest BCUT2D eigenvalue weighted by atomic mass is 10.1. The summed E-state index contributed by atoms with van der Waals surface area (Å²) < 4.78 is 45.3. The van der Waals surface area contributed by atoms with E-state index in [-0.39, 0.29) is 16.4 Å². The molecule has 0 saturated heterocycles. The number of hydrogen-bond acceptors (Lipinski definition) is 5. The van der Waals surface area contributed by atoms with Gasteiger partial charge in [0.2, 0.25) is 0 Å². The first-order chi connectivity index (χ1) is 12.8. The van der Waals surface area contributed by atoms with Gasteiger partial charge in [0.05, 0.1) is 28.5 Å². The average Bonchev–Trinajstić information content (AvgIpc) is 3.07. The van der Waals surface area contributed by atoms with Gasteiger partial charge in [-0.05, 0) is 28.3 Å². The minimum atomic E-state index is -4.60. The molecule has 3 aromatic rings. The molecule has 0 saturated carbocycles. The topological polar surface area (TPSA) is 79.9 Å². The first-order valence-electron chi connectivity index (χ1n) is 7.39. The molecule has 0 bridgehead atoms. The zero-order chi connectivity index (χ0) is 19.8. The van der Waals surface area contributed by atoms with Crippen LogP contribution in [0, 0.1) is 0 Å². The molecule has 2 N–H and O–H groups in total. The lowest BCUT2D eigenvalue weighted by Crippen LogP contribution is -2.11. The first-order valence-corrected chi connectivity index (χ1v) is 9.41. The van der Waals surface area contributed by atoms with Crippen molar-refractivity contribution in [1.82, 2.24) is 15.0 Å². The van der Waals surface area contributed by atoms with E-state index in [1.807, 2.05) is 0 Å². The number of ether oxygens (including phenoxy) is 1. The summed E-state index contributed by atoms with van der Waals surface area (Å²) in [5, 5.41) is 3.26. The van der Waals surface area contributed by atoms with Crippen molar-refractivity contribution in [2.24, 2.45) is 0 Å². The van der Waals surface area contributed by atoms with Gasteiger partial charge in [0.1, 0.15) is 5.56 Å². The molecule has 1 aromatic carbocycles. The molecule has 1 amide bonds. The van der Waals surface area contributed by atoms with E-state index in [0.717, 1.165) is 18.0 Å². The van der Waals surface area contributed by atoms with E-state index in [0.29, 0.717) is 21.1 Å². The van der Waals surface area contributed by atoms with Gasteiger partial charge in [-0.15, -0.1) is 0 Å². The Morgan fingerprint density at radius 2 is 2.11 bits per heavy atom. The van der Waals surface area contributed by atoms with Gasteiger partial charge in [0.25, 0.3) is 0 Å². The van der Waals surface area contributed by atoms with Crippen molar-refractivity contribution >= 4 is 50.4 Å². The molecular formula is C16H12BrF3N4O2S. The number of carbonyl (C=O) groups excluding carboxylic acids is 1. The van der Waals surface area contributed by atoms with Crippen LogP contribution in [0.4, 0.5) is 23.7 Å². The number of amides is 1. The summed E-state index contributed by atoms with van der Waals surface area (Å²) >= 11 is 4.50. The number of carbonyl (C=O) groups is 1. The number of hydrogen-bond donors (Lipinski definition) is 2. The van der Waals surface area contributed by atoms with Gasteiger partial charge in [-0.1, -0.05) is 17.8 Å². The molecule has 142 valence electrons. The number of methoxy groups -OCH3 is 1. The number of aromatic amines is 1. The van der Waals surface area contributed by atoms with Crippen molar-refractivity contribution in [3.8, 4) is 11.3 Å². The number of thioether (sulfide) groups is 1. The minimum absolute atomic E-state index is 0.214. The van der Waals surface area contributed by atoms with Crippen LogP contribution >= 0.6 is 27.7 Å². The summed E-state index contributed by atoms with van der Waals surface area (Å²) in [6, 6.07) is 3.16. The van der Waals surface area contributed by atoms with Crippen LogP contribution in [0.3, 0.4) is 0 Å². The number of anilines is 1. The Balaban J connectivity index is 2.19. The number of fused-ring (bicyclic) bond motifs is 1. The fraction of sp³-hybridized carbons (Fsp3) is 0.188. The van der Waals surface area contributed by atoms with Gasteiger partial charge in [0, 0.05) is 23.3 Å². The summed E-state index contributed by atoms with van der Waals surface area (Å²) in [5.74, 6) is 0. The molecule has 2 aromatic heterocycles. The van der Waals surface area contributed by atoms with Crippen molar-refractivity contribution in [2.75, 3.05) is 18.7 Å². The van der Waals surface area contributed by atoms with Crippen LogP contribution in [-0.2, 0) is 10.9 Å². The Labute approximate surface area is 164 Å². The monoisotopic (exact) mass is 460 g/mol. The van der Waals surface area contributed by atoms with Gasteiger partial charge in [0.15, 0.2) is 5.16 Å². The normalized spacial score (nSPS) is 11.6. The Morgan fingerprint density at radius 1 is 1.37 bits per heavy atom. The zero-order valence-electron chi connectivity index (χ0n) is 13.9. The van der Waals surface area contributed by atoms with Gasteiger partial charge in [-0.25, -0.2) is 14.8 Å². The molecular weight excluding hydrogens is 449 g/mol. The second-order valence-corrected chi connectivity index (χ2v) is 6.85. The molecule has 6 nitrogen and oxygen atoms in total. The van der Waals surface area contributed by atoms with Crippen LogP contribution in [0.1, 0.15) is 5.56 Å². The third kappa shape index (κ3) is 3.74. The molecule has 0 aliphatic heterocycles. The molecule has 3 rings (SSSR count). The predicted molar refractivity (Wildman–Crippen MR) is 99.8 cm³/mol. The second kappa shape index (κ2) is 7.39. The van der Waals surface area contributed by atoms with E-state index in [4.69, 9.17) is 0 Å². The summed E-state index contributed by atoms with van der Waals surface area (Å²) in [5.41, 5.74) is 0.0609. The van der Waals surface area contributed by atoms with Gasteiger partial charge < -0.3 is 9.72 Å². The van der Waals surface area contributed by atoms with Crippen molar-refractivity contribution in [3.63, 3.8) is 0 Å². The molecule has 0 fully saturated rings. The van der Waals surface area contributed by atoms with E-state index in [2.05, 4.69) is 40.9 Å². The molecule has 0 unspecified atom stereocenters. The summed E-state index contributed by atoms with van der Waals surface area (Å²) in [4.78, 5) is 22.2. The van der Waals surface area contributed by atoms with Gasteiger partial charge in [-0.3, -0.25) is 5.32 Å². The van der Waals surface area contributed by atoms with Crippen LogP contribution in [0.15, 0.2) is 34.2 Å². The zero-order valence-corrected chi connectivity index (χ0v) is 16.3. The number of rotatable bonds is 3. The van der Waals surface area contributed by atoms with Crippen molar-refractivity contribution in [3.05, 3.63) is 34.6 Å². The SMILES string of the molecule is COC(=O)Nc1ccc2c(-c3nc(SC)ncc3C(F)(F)F)c[nH]c2c1Br. The second-order valence-electron chi connectivity index (χ2n) is 5.29. The molecule has 27 heavy (non-hydrogen) atoms. The van der Waals surface area contributed by atoms with Crippen LogP contribution in [0.2, 0.25) is 0 Å². The number of alkyl halides is 3. The third-order valence-corrected chi connectivity index (χ3v) is 5.11. The lowest BCUT2D eigenvalue weighted by Gasteiger charge is -2.12. The van der Waals surface area contributed by atoms with E-state index in [1.54, 1.807) is 18.4 Å². The fourth-order valence-corrected chi connectivity index (χ4v) is 3.39. The summed E-state index contributed by atoms with van der Waals surface area (Å²) in [6.07, 6.45) is -1.35. The Morgan fingerprint density at radius 3 is 2.74 bits per heavy atom.